The molecule has 0 N–H and O–H groups in total. The molecule has 0 heterocycles. The average molecular weight is 324 g/mol. The van der Waals surface area contributed by atoms with Crippen molar-refractivity contribution in [2.45, 2.75) is 0 Å². The number of hydrogen-bond donors (Lipinski definition) is 0. The van der Waals surface area contributed by atoms with Gasteiger partial charge in [0, 0.05) is 5.39 Å². The quantitative estimate of drug-likeness (QED) is 0.245. The summed E-state index contributed by atoms with van der Waals surface area (Å²) in [4.78, 5) is 0. The van der Waals surface area contributed by atoms with E-state index in [9.17, 15) is 4.57 Å². The van der Waals surface area contributed by atoms with Crippen molar-refractivity contribution in [3.05, 3.63) is 80.1 Å². The lowest BCUT2D eigenvalue weighted by molar-refractivity contribution is 0.360. The Morgan fingerprint density at radius 1 is 0.957 bits per heavy atom. The summed E-state index contributed by atoms with van der Waals surface area (Å²) in [7, 11) is -3.34. The Kier molecular flexibility index (Phi) is 4.22. The highest BCUT2D eigenvalue weighted by Gasteiger charge is 2.25. The van der Waals surface area contributed by atoms with Crippen molar-refractivity contribution in [2.24, 2.45) is 0 Å². The van der Waals surface area contributed by atoms with Gasteiger partial charge in [-0.15, -0.1) is 6.58 Å². The number of hydrogen-bond acceptors (Lipinski definition) is 3. The van der Waals surface area contributed by atoms with Crippen LogP contribution in [0, 0.1) is 0 Å². The van der Waals surface area contributed by atoms with Gasteiger partial charge in [-0.25, -0.2) is 4.57 Å². The molecule has 0 amide bonds. The van der Waals surface area contributed by atoms with Crippen molar-refractivity contribution in [1.82, 2.24) is 0 Å². The maximum absolute atomic E-state index is 12.7. The minimum absolute atomic E-state index is 0.114. The number of fused-ring (bicyclic) bond motifs is 2. The lowest BCUT2D eigenvalue weighted by atomic mass is 10.0. The molecule has 3 aromatic rings. The van der Waals surface area contributed by atoms with Crippen LogP contribution in [0.25, 0.3) is 21.5 Å². The van der Waals surface area contributed by atoms with E-state index in [1.165, 1.54) is 6.08 Å². The molecule has 1 unspecified atom stereocenters. The Morgan fingerprint density at radius 2 is 1.65 bits per heavy atom. The molecule has 3 aromatic carbocycles. The van der Waals surface area contributed by atoms with Crippen LogP contribution in [0.5, 0.6) is 5.75 Å². The zero-order chi connectivity index (χ0) is 16.3. The van der Waals surface area contributed by atoms with E-state index in [4.69, 9.17) is 9.05 Å². The molecule has 1 atom stereocenters. The first-order valence-corrected chi connectivity index (χ1v) is 8.98. The third kappa shape index (κ3) is 3.15. The Balaban J connectivity index is 2.13. The molecule has 0 spiro atoms. The van der Waals surface area contributed by atoms with Crippen molar-refractivity contribution < 1.29 is 13.6 Å². The fourth-order valence-electron chi connectivity index (χ4n) is 2.54. The molecule has 23 heavy (non-hydrogen) atoms. The predicted octanol–water partition coefficient (Wildman–Crippen LogP) is 5.91. The normalized spacial score (nSPS) is 13.4. The molecule has 0 saturated heterocycles. The summed E-state index contributed by atoms with van der Waals surface area (Å²) >= 11 is 0. The zero-order valence-corrected chi connectivity index (χ0v) is 13.5. The van der Waals surface area contributed by atoms with Crippen molar-refractivity contribution in [1.29, 1.82) is 0 Å². The Bertz CT molecular complexity index is 916. The highest BCUT2D eigenvalue weighted by molar-refractivity contribution is 7.54. The van der Waals surface area contributed by atoms with Gasteiger partial charge in [-0.2, -0.15) is 0 Å². The van der Waals surface area contributed by atoms with Crippen LogP contribution in [0.2, 0.25) is 0 Å². The first-order valence-electron chi connectivity index (χ1n) is 7.25. The van der Waals surface area contributed by atoms with Crippen LogP contribution >= 0.6 is 7.60 Å². The lowest BCUT2D eigenvalue weighted by Gasteiger charge is -2.18. The number of rotatable bonds is 6. The smallest absolute Gasteiger partial charge is 0.424 e. The summed E-state index contributed by atoms with van der Waals surface area (Å²) in [5, 5.41) is 4.15. The fraction of sp³-hybridized carbons (Fsp3) is 0.0526. The Morgan fingerprint density at radius 3 is 2.35 bits per heavy atom. The van der Waals surface area contributed by atoms with E-state index >= 15 is 0 Å². The molecule has 0 radical (unpaired) electrons. The highest BCUT2D eigenvalue weighted by atomic mass is 31.2. The number of benzene rings is 3. The summed E-state index contributed by atoms with van der Waals surface area (Å²) in [6, 6.07) is 17.9. The van der Waals surface area contributed by atoms with Gasteiger partial charge in [-0.3, -0.25) is 0 Å². The van der Waals surface area contributed by atoms with Gasteiger partial charge in [-0.1, -0.05) is 49.1 Å². The van der Waals surface area contributed by atoms with Gasteiger partial charge in [-0.05, 0) is 34.4 Å². The standard InChI is InChI=1S/C19H17O3P/c1-3-12-23(20,21-4-2)22-19-11-7-10-17-13-15-8-5-6-9-16(15)14-18(17)19/h3-11,13-14H,1-2,12H2. The Hall–Kier alpha value is -2.51. The summed E-state index contributed by atoms with van der Waals surface area (Å²) in [5.74, 6) is 0.528. The molecule has 0 bridgehead atoms. The molecule has 0 saturated carbocycles. The third-order valence-corrected chi connectivity index (χ3v) is 5.18. The van der Waals surface area contributed by atoms with Gasteiger partial charge in [0.2, 0.25) is 0 Å². The average Bonchev–Trinajstić information content (AvgIpc) is 2.54. The van der Waals surface area contributed by atoms with Crippen LogP contribution in [0.15, 0.2) is 80.1 Å². The molecular formula is C19H17O3P. The summed E-state index contributed by atoms with van der Waals surface area (Å²) in [6.45, 7) is 7.07. The Labute approximate surface area is 135 Å². The van der Waals surface area contributed by atoms with Crippen LogP contribution in [0.1, 0.15) is 0 Å². The summed E-state index contributed by atoms with van der Waals surface area (Å²) in [5.41, 5.74) is 0. The van der Waals surface area contributed by atoms with Crippen molar-refractivity contribution in [3.8, 4) is 5.75 Å². The highest BCUT2D eigenvalue weighted by Crippen LogP contribution is 2.50. The van der Waals surface area contributed by atoms with Gasteiger partial charge in [0.25, 0.3) is 0 Å². The second-order valence-electron chi connectivity index (χ2n) is 5.12. The second kappa shape index (κ2) is 6.31. The van der Waals surface area contributed by atoms with Crippen molar-refractivity contribution in [3.63, 3.8) is 0 Å². The van der Waals surface area contributed by atoms with Gasteiger partial charge >= 0.3 is 7.60 Å². The predicted molar refractivity (Wildman–Crippen MR) is 96.0 cm³/mol. The third-order valence-electron chi connectivity index (χ3n) is 3.53. The molecular weight excluding hydrogens is 307 g/mol. The van der Waals surface area contributed by atoms with E-state index in [0.29, 0.717) is 5.75 Å². The maximum Gasteiger partial charge on any atom is 0.433 e. The molecule has 0 aliphatic heterocycles. The largest absolute Gasteiger partial charge is 0.433 e. The van der Waals surface area contributed by atoms with Crippen LogP contribution < -0.4 is 4.52 Å². The summed E-state index contributed by atoms with van der Waals surface area (Å²) in [6.07, 6.45) is 2.78. The molecule has 4 heteroatoms. The minimum Gasteiger partial charge on any atom is -0.424 e. The van der Waals surface area contributed by atoms with Crippen LogP contribution in [0.4, 0.5) is 0 Å². The molecule has 0 fully saturated rings. The van der Waals surface area contributed by atoms with Gasteiger partial charge < -0.3 is 9.05 Å². The first-order chi connectivity index (χ1) is 11.1. The van der Waals surface area contributed by atoms with E-state index in [-0.39, 0.29) is 6.16 Å². The van der Waals surface area contributed by atoms with E-state index in [1.807, 2.05) is 36.4 Å². The van der Waals surface area contributed by atoms with Crippen LogP contribution in [0.3, 0.4) is 0 Å². The van der Waals surface area contributed by atoms with E-state index in [2.05, 4.69) is 25.3 Å². The van der Waals surface area contributed by atoms with E-state index in [0.717, 1.165) is 27.8 Å². The lowest BCUT2D eigenvalue weighted by Crippen LogP contribution is -1.98. The van der Waals surface area contributed by atoms with Gasteiger partial charge in [0.1, 0.15) is 5.75 Å². The SMILES string of the molecule is C=CCP(=O)(OC=C)Oc1cccc2cc3ccccc3cc12. The molecule has 0 aromatic heterocycles. The second-order valence-corrected chi connectivity index (χ2v) is 7.10. The molecule has 0 aliphatic carbocycles. The molecule has 116 valence electrons. The monoisotopic (exact) mass is 324 g/mol. The molecule has 3 rings (SSSR count). The fourth-order valence-corrected chi connectivity index (χ4v) is 3.75. The van der Waals surface area contributed by atoms with Crippen molar-refractivity contribution in [2.75, 3.05) is 6.16 Å². The van der Waals surface area contributed by atoms with Crippen LogP contribution in [-0.4, -0.2) is 6.16 Å². The van der Waals surface area contributed by atoms with E-state index < -0.39 is 7.60 Å². The van der Waals surface area contributed by atoms with E-state index in [1.54, 1.807) is 6.07 Å². The molecule has 3 nitrogen and oxygen atoms in total. The van der Waals surface area contributed by atoms with Gasteiger partial charge in [0.15, 0.2) is 0 Å². The molecule has 0 aliphatic rings. The van der Waals surface area contributed by atoms with Gasteiger partial charge in [0.05, 0.1) is 12.4 Å². The zero-order valence-electron chi connectivity index (χ0n) is 12.6. The summed E-state index contributed by atoms with van der Waals surface area (Å²) < 4.78 is 23.6. The first kappa shape index (κ1) is 15.4. The minimum atomic E-state index is -3.34. The topological polar surface area (TPSA) is 35.5 Å². The maximum atomic E-state index is 12.7. The van der Waals surface area contributed by atoms with Crippen molar-refractivity contribution >= 4 is 29.1 Å². The van der Waals surface area contributed by atoms with Crippen LogP contribution in [-0.2, 0) is 9.09 Å². The number of allylic oxidation sites excluding steroid dienone is 1.